The summed E-state index contributed by atoms with van der Waals surface area (Å²) >= 11 is 0. The summed E-state index contributed by atoms with van der Waals surface area (Å²) in [6.45, 7) is 8.92. The van der Waals surface area contributed by atoms with Gasteiger partial charge < -0.3 is 4.74 Å². The second kappa shape index (κ2) is 12.9. The zero-order valence-corrected chi connectivity index (χ0v) is 22.8. The Kier molecular flexibility index (Phi) is 9.63. The van der Waals surface area contributed by atoms with E-state index in [1.165, 1.54) is 88.2 Å². The molecule has 0 aliphatic heterocycles. The van der Waals surface area contributed by atoms with Crippen molar-refractivity contribution in [3.8, 4) is 11.5 Å². The van der Waals surface area contributed by atoms with Crippen molar-refractivity contribution >= 4 is 0 Å². The minimum atomic E-state index is 0.791. The van der Waals surface area contributed by atoms with Gasteiger partial charge in [0.15, 0.2) is 0 Å². The predicted octanol–water partition coefficient (Wildman–Crippen LogP) is 9.18. The van der Waals surface area contributed by atoms with Gasteiger partial charge in [0.25, 0.3) is 0 Å². The molecule has 0 atom stereocenters. The van der Waals surface area contributed by atoms with Gasteiger partial charge in [0, 0.05) is 11.4 Å². The fraction of sp³-hybridized carbons (Fsp3) is 0.688. The Morgan fingerprint density at radius 3 is 1.37 bits per heavy atom. The summed E-state index contributed by atoms with van der Waals surface area (Å²) < 4.78 is 6.32. The monoisotopic (exact) mass is 476 g/mol. The second-order valence-corrected chi connectivity index (χ2v) is 11.7. The highest BCUT2D eigenvalue weighted by molar-refractivity contribution is 5.36. The van der Waals surface area contributed by atoms with Crippen molar-refractivity contribution in [3.05, 3.63) is 47.0 Å². The Bertz CT molecular complexity index is 848. The van der Waals surface area contributed by atoms with E-state index in [1.807, 2.05) is 12.4 Å². The number of ether oxygens (including phenoxy) is 1. The van der Waals surface area contributed by atoms with Crippen LogP contribution in [-0.4, -0.2) is 9.97 Å². The molecule has 2 aromatic heterocycles. The van der Waals surface area contributed by atoms with Gasteiger partial charge in [-0.15, -0.1) is 0 Å². The van der Waals surface area contributed by atoms with Crippen LogP contribution in [0, 0.1) is 37.5 Å². The lowest BCUT2D eigenvalue weighted by Gasteiger charge is -2.29. The SMILES string of the molecule is CCCC1CCC(Cc2cc(Oc3cnc(C)c(CC4CCC(CCC)CC4)c3)cnc2C)CC1. The zero-order valence-electron chi connectivity index (χ0n) is 22.8. The van der Waals surface area contributed by atoms with E-state index in [2.05, 4.69) is 39.8 Å². The Balaban J connectivity index is 1.36. The topological polar surface area (TPSA) is 35.0 Å². The smallest absolute Gasteiger partial charge is 0.146 e. The lowest BCUT2D eigenvalue weighted by molar-refractivity contribution is 0.260. The van der Waals surface area contributed by atoms with E-state index in [-0.39, 0.29) is 0 Å². The minimum Gasteiger partial charge on any atom is -0.454 e. The van der Waals surface area contributed by atoms with Crippen LogP contribution in [0.5, 0.6) is 11.5 Å². The van der Waals surface area contributed by atoms with Gasteiger partial charge in [-0.2, -0.15) is 0 Å². The molecule has 3 heteroatoms. The molecule has 192 valence electrons. The molecule has 0 spiro atoms. The third kappa shape index (κ3) is 7.54. The summed E-state index contributed by atoms with van der Waals surface area (Å²) in [7, 11) is 0. The number of hydrogen-bond donors (Lipinski definition) is 0. The maximum atomic E-state index is 6.32. The predicted molar refractivity (Wildman–Crippen MR) is 146 cm³/mol. The third-order valence-corrected chi connectivity index (χ3v) is 8.91. The highest BCUT2D eigenvalue weighted by atomic mass is 16.5. The molecule has 0 unspecified atom stereocenters. The van der Waals surface area contributed by atoms with Crippen molar-refractivity contribution < 1.29 is 4.74 Å². The Morgan fingerprint density at radius 1 is 0.629 bits per heavy atom. The van der Waals surface area contributed by atoms with Crippen molar-refractivity contribution in [2.24, 2.45) is 23.7 Å². The van der Waals surface area contributed by atoms with Crippen LogP contribution in [0.4, 0.5) is 0 Å². The summed E-state index contributed by atoms with van der Waals surface area (Å²) in [6.07, 6.45) is 22.5. The van der Waals surface area contributed by atoms with Crippen LogP contribution in [0.25, 0.3) is 0 Å². The summed E-state index contributed by atoms with van der Waals surface area (Å²) in [5, 5.41) is 0. The molecule has 0 amide bonds. The summed E-state index contributed by atoms with van der Waals surface area (Å²) in [5.74, 6) is 5.20. The Hall–Kier alpha value is -1.90. The number of aryl methyl sites for hydroxylation is 2. The normalized spacial score (nSPS) is 24.9. The van der Waals surface area contributed by atoms with Gasteiger partial charge >= 0.3 is 0 Å². The maximum Gasteiger partial charge on any atom is 0.146 e. The fourth-order valence-corrected chi connectivity index (χ4v) is 6.66. The van der Waals surface area contributed by atoms with E-state index < -0.39 is 0 Å². The summed E-state index contributed by atoms with van der Waals surface area (Å²) in [6, 6.07) is 4.46. The van der Waals surface area contributed by atoms with Crippen LogP contribution in [0.2, 0.25) is 0 Å². The molecule has 2 aromatic rings. The van der Waals surface area contributed by atoms with Crippen molar-refractivity contribution in [1.29, 1.82) is 0 Å². The molecule has 2 aliphatic carbocycles. The average molecular weight is 477 g/mol. The van der Waals surface area contributed by atoms with Crippen LogP contribution in [0.1, 0.15) is 113 Å². The molecule has 0 saturated heterocycles. The molecule has 3 nitrogen and oxygen atoms in total. The van der Waals surface area contributed by atoms with E-state index in [0.29, 0.717) is 0 Å². The number of aromatic nitrogens is 2. The second-order valence-electron chi connectivity index (χ2n) is 11.7. The molecule has 0 bridgehead atoms. The van der Waals surface area contributed by atoms with Gasteiger partial charge in [-0.05, 0) is 99.3 Å². The molecule has 35 heavy (non-hydrogen) atoms. The third-order valence-electron chi connectivity index (χ3n) is 8.91. The minimum absolute atomic E-state index is 0.791. The van der Waals surface area contributed by atoms with Crippen LogP contribution in [-0.2, 0) is 12.8 Å². The molecule has 2 aliphatic rings. The van der Waals surface area contributed by atoms with Gasteiger partial charge in [-0.3, -0.25) is 9.97 Å². The van der Waals surface area contributed by atoms with Crippen molar-refractivity contribution in [1.82, 2.24) is 9.97 Å². The highest BCUT2D eigenvalue weighted by Gasteiger charge is 2.23. The molecule has 2 saturated carbocycles. The van der Waals surface area contributed by atoms with Gasteiger partial charge in [0.1, 0.15) is 11.5 Å². The van der Waals surface area contributed by atoms with Gasteiger partial charge in [-0.25, -0.2) is 0 Å². The van der Waals surface area contributed by atoms with Crippen molar-refractivity contribution in [2.45, 2.75) is 118 Å². The van der Waals surface area contributed by atoms with Gasteiger partial charge in [-0.1, -0.05) is 65.2 Å². The van der Waals surface area contributed by atoms with E-state index in [0.717, 1.165) is 59.4 Å². The number of rotatable bonds is 10. The average Bonchev–Trinajstić information content (AvgIpc) is 2.86. The van der Waals surface area contributed by atoms with Gasteiger partial charge in [0.2, 0.25) is 0 Å². The fourth-order valence-electron chi connectivity index (χ4n) is 6.66. The zero-order chi connectivity index (χ0) is 24.6. The molecular weight excluding hydrogens is 428 g/mol. The standard InChI is InChI=1S/C32H48N2O/c1-5-7-25-9-13-27(14-10-25)17-29-19-31(21-33-23(29)3)35-32-20-30(24(4)34-22-32)18-28-15-11-26(8-6-2)12-16-28/h19-22,25-28H,5-18H2,1-4H3. The Labute approximate surface area is 214 Å². The van der Waals surface area contributed by atoms with E-state index in [4.69, 9.17) is 14.7 Å². The first-order chi connectivity index (χ1) is 17.0. The summed E-state index contributed by atoms with van der Waals surface area (Å²) in [5.41, 5.74) is 5.00. The van der Waals surface area contributed by atoms with Crippen LogP contribution in [0.15, 0.2) is 24.5 Å². The molecule has 2 heterocycles. The molecule has 0 radical (unpaired) electrons. The van der Waals surface area contributed by atoms with Crippen molar-refractivity contribution in [3.63, 3.8) is 0 Å². The summed E-state index contributed by atoms with van der Waals surface area (Å²) in [4.78, 5) is 9.39. The van der Waals surface area contributed by atoms with E-state index in [1.54, 1.807) is 0 Å². The van der Waals surface area contributed by atoms with Crippen molar-refractivity contribution in [2.75, 3.05) is 0 Å². The molecule has 0 N–H and O–H groups in total. The lowest BCUT2D eigenvalue weighted by atomic mass is 9.77. The largest absolute Gasteiger partial charge is 0.454 e. The highest BCUT2D eigenvalue weighted by Crippen LogP contribution is 2.36. The van der Waals surface area contributed by atoms with Gasteiger partial charge in [0.05, 0.1) is 12.4 Å². The lowest BCUT2D eigenvalue weighted by Crippen LogP contribution is -2.17. The van der Waals surface area contributed by atoms with Crippen LogP contribution in [0.3, 0.4) is 0 Å². The van der Waals surface area contributed by atoms with E-state index in [9.17, 15) is 0 Å². The Morgan fingerprint density at radius 2 is 1.00 bits per heavy atom. The molecule has 0 aromatic carbocycles. The first-order valence-electron chi connectivity index (χ1n) is 14.6. The van der Waals surface area contributed by atoms with Crippen LogP contribution < -0.4 is 4.74 Å². The molecular formula is C32H48N2O. The number of hydrogen-bond acceptors (Lipinski definition) is 3. The maximum absolute atomic E-state index is 6.32. The first-order valence-corrected chi connectivity index (χ1v) is 14.6. The van der Waals surface area contributed by atoms with Crippen LogP contribution >= 0.6 is 0 Å². The first kappa shape index (κ1) is 26.2. The molecule has 4 rings (SSSR count). The molecule has 2 fully saturated rings. The number of pyridine rings is 2. The van der Waals surface area contributed by atoms with E-state index >= 15 is 0 Å². The number of nitrogens with zero attached hydrogens (tertiary/aromatic N) is 2. The quantitative estimate of drug-likeness (QED) is 0.343.